The van der Waals surface area contributed by atoms with E-state index in [0.717, 1.165) is 23.7 Å². The number of fused-ring (bicyclic) bond motifs is 1. The van der Waals surface area contributed by atoms with Gasteiger partial charge in [0.15, 0.2) is 0 Å². The first-order chi connectivity index (χ1) is 18.5. The number of rotatable bonds is 8. The molecule has 2 aromatic carbocycles. The van der Waals surface area contributed by atoms with Crippen LogP contribution in [0.3, 0.4) is 0 Å². The summed E-state index contributed by atoms with van der Waals surface area (Å²) < 4.78 is 74.1. The van der Waals surface area contributed by atoms with Crippen molar-refractivity contribution in [3.05, 3.63) is 75.2 Å². The van der Waals surface area contributed by atoms with Crippen LogP contribution in [0, 0.1) is 0 Å². The first kappa shape index (κ1) is 29.6. The number of amides is 1. The summed E-state index contributed by atoms with van der Waals surface area (Å²) in [5.74, 6) is -0.627. The van der Waals surface area contributed by atoms with Gasteiger partial charge in [-0.2, -0.15) is 0 Å². The van der Waals surface area contributed by atoms with E-state index in [1.54, 1.807) is 36.4 Å². The Bertz CT molecular complexity index is 1710. The molecule has 2 N–H and O–H groups in total. The van der Waals surface area contributed by atoms with Crippen LogP contribution < -0.4 is 19.5 Å². The van der Waals surface area contributed by atoms with Crippen LogP contribution in [0.1, 0.15) is 34.6 Å². The van der Waals surface area contributed by atoms with Gasteiger partial charge in [0, 0.05) is 27.0 Å². The Kier molecular flexibility index (Phi) is 8.07. The van der Waals surface area contributed by atoms with Gasteiger partial charge in [-0.05, 0) is 53.6 Å². The normalized spacial score (nSPS) is 12.3. The third kappa shape index (κ3) is 7.23. The number of carbonyl (C=O) groups excluding carboxylic acids is 1. The molecule has 0 fully saturated rings. The number of hydrogen-bond donors (Lipinski definition) is 2. The number of benzene rings is 2. The van der Waals surface area contributed by atoms with Crippen molar-refractivity contribution >= 4 is 64.8 Å². The fraction of sp³-hybridized carbons (Fsp3) is 0.231. The van der Waals surface area contributed by atoms with Gasteiger partial charge in [0.1, 0.15) is 16.3 Å². The molecule has 0 atom stereocenters. The molecule has 14 heteroatoms. The summed E-state index contributed by atoms with van der Waals surface area (Å²) in [6.45, 7) is 3.65. The van der Waals surface area contributed by atoms with Crippen molar-refractivity contribution in [2.75, 3.05) is 23.4 Å². The van der Waals surface area contributed by atoms with E-state index in [-0.39, 0.29) is 11.4 Å². The average molecular weight is 659 g/mol. The minimum Gasteiger partial charge on any atom is -0.497 e. The number of anilines is 2. The Morgan fingerprint density at radius 2 is 1.65 bits per heavy atom. The van der Waals surface area contributed by atoms with Crippen molar-refractivity contribution in [2.45, 2.75) is 25.6 Å². The minimum atomic E-state index is -4.87. The van der Waals surface area contributed by atoms with Crippen molar-refractivity contribution in [1.82, 2.24) is 4.98 Å². The second-order valence-electron chi connectivity index (χ2n) is 9.36. The van der Waals surface area contributed by atoms with Gasteiger partial charge in [-0.1, -0.05) is 29.8 Å². The first-order valence-corrected chi connectivity index (χ1v) is 15.0. The van der Waals surface area contributed by atoms with Gasteiger partial charge < -0.3 is 14.8 Å². The molecule has 40 heavy (non-hydrogen) atoms. The summed E-state index contributed by atoms with van der Waals surface area (Å²) in [7, 11) is -2.14. The van der Waals surface area contributed by atoms with E-state index in [0.29, 0.717) is 36.4 Å². The second kappa shape index (κ2) is 10.9. The number of thiophene rings is 1. The Hall–Kier alpha value is -3.36. The lowest BCUT2D eigenvalue weighted by Gasteiger charge is -2.28. The van der Waals surface area contributed by atoms with Crippen LogP contribution in [0.15, 0.2) is 59.2 Å². The van der Waals surface area contributed by atoms with Crippen molar-refractivity contribution < 1.29 is 35.9 Å². The molecule has 2 aromatic heterocycles. The lowest BCUT2D eigenvalue weighted by molar-refractivity contribution is -0.274. The van der Waals surface area contributed by atoms with Crippen LogP contribution in [0.4, 0.5) is 24.5 Å². The van der Waals surface area contributed by atoms with Crippen molar-refractivity contribution in [3.63, 3.8) is 0 Å². The number of carbonyl (C=O) groups is 1. The van der Waals surface area contributed by atoms with E-state index in [1.165, 1.54) is 19.4 Å². The Morgan fingerprint density at radius 1 is 0.975 bits per heavy atom. The topological polar surface area (TPSA) is 107 Å². The van der Waals surface area contributed by atoms with E-state index < -0.39 is 33.5 Å². The zero-order valence-electron chi connectivity index (χ0n) is 21.5. The molecule has 0 saturated heterocycles. The van der Waals surface area contributed by atoms with E-state index in [4.69, 9.17) is 4.74 Å². The number of alkyl halides is 3. The van der Waals surface area contributed by atoms with Crippen LogP contribution in [0.5, 0.6) is 11.5 Å². The lowest BCUT2D eigenvalue weighted by Crippen LogP contribution is -2.21. The van der Waals surface area contributed by atoms with Gasteiger partial charge in [0.05, 0.1) is 30.1 Å². The number of hydrogen-bond acceptors (Lipinski definition) is 7. The molecule has 8 nitrogen and oxygen atoms in total. The van der Waals surface area contributed by atoms with Gasteiger partial charge in [-0.25, -0.2) is 13.4 Å². The average Bonchev–Trinajstić information content (AvgIpc) is 3.25. The number of sulfonamides is 1. The molecule has 0 radical (unpaired) electrons. The summed E-state index contributed by atoms with van der Waals surface area (Å²) >= 11 is 4.59. The molecule has 0 aliphatic carbocycles. The molecule has 0 unspecified atom stereocenters. The summed E-state index contributed by atoms with van der Waals surface area (Å²) in [4.78, 5) is 18.2. The summed E-state index contributed by atoms with van der Waals surface area (Å²) in [5, 5.41) is 3.44. The van der Waals surface area contributed by atoms with Crippen LogP contribution in [-0.4, -0.2) is 39.0 Å². The maximum atomic E-state index is 13.1. The quantitative estimate of drug-likeness (QED) is 0.213. The van der Waals surface area contributed by atoms with Crippen LogP contribution in [0.25, 0.3) is 10.2 Å². The zero-order chi connectivity index (χ0) is 29.5. The smallest absolute Gasteiger partial charge is 0.497 e. The highest BCUT2D eigenvalue weighted by atomic mass is 79.9. The fourth-order valence-corrected chi connectivity index (χ4v) is 5.85. The maximum absolute atomic E-state index is 13.1. The van der Waals surface area contributed by atoms with E-state index in [1.807, 2.05) is 13.8 Å². The Balaban J connectivity index is 1.63. The SMILES string of the molecule is COc1cc(OC(F)(F)F)cc(C(C)(C)c2cc(Br)cc(NC(=O)c3cc4cc(NS(C)(=O)=O)cnc4s3)c2)c1. The molecule has 0 saturated carbocycles. The van der Waals surface area contributed by atoms with E-state index in [2.05, 4.69) is 35.7 Å². The molecule has 4 aromatic rings. The van der Waals surface area contributed by atoms with E-state index in [9.17, 15) is 26.4 Å². The van der Waals surface area contributed by atoms with Crippen LogP contribution in [-0.2, 0) is 15.4 Å². The molecule has 0 aliphatic heterocycles. The van der Waals surface area contributed by atoms with Crippen molar-refractivity contribution in [2.24, 2.45) is 0 Å². The number of pyridine rings is 1. The standard InChI is InChI=1S/C26H23BrF3N3O5S2/c1-25(2,16-9-20(37-3)12-21(10-16)38-26(28,29)30)15-7-17(27)11-18(8-15)32-23(34)22-6-14-5-19(33-40(4,35)36)13-31-24(14)39-22/h5-13,33H,1-4H3,(H,32,34). The van der Waals surface area contributed by atoms with Crippen LogP contribution >= 0.6 is 27.3 Å². The number of methoxy groups -OCH3 is 1. The molecule has 1 amide bonds. The number of nitrogens with zero attached hydrogens (tertiary/aromatic N) is 1. The van der Waals surface area contributed by atoms with Gasteiger partial charge >= 0.3 is 6.36 Å². The molecule has 0 aliphatic rings. The number of aromatic nitrogens is 1. The Labute approximate surface area is 240 Å². The van der Waals surface area contributed by atoms with Crippen molar-refractivity contribution in [3.8, 4) is 11.5 Å². The lowest BCUT2D eigenvalue weighted by atomic mass is 9.78. The highest BCUT2D eigenvalue weighted by Gasteiger charge is 2.33. The van der Waals surface area contributed by atoms with Gasteiger partial charge in [0.2, 0.25) is 10.0 Å². The highest BCUT2D eigenvalue weighted by Crippen LogP contribution is 2.39. The largest absolute Gasteiger partial charge is 0.573 e. The van der Waals surface area contributed by atoms with E-state index >= 15 is 0 Å². The summed E-state index contributed by atoms with van der Waals surface area (Å²) in [5.41, 5.74) is 1.09. The monoisotopic (exact) mass is 657 g/mol. The number of nitrogens with one attached hydrogen (secondary N) is 2. The molecule has 4 rings (SSSR count). The maximum Gasteiger partial charge on any atom is 0.573 e. The molecule has 0 spiro atoms. The molecule has 212 valence electrons. The summed E-state index contributed by atoms with van der Waals surface area (Å²) in [6, 6.07) is 12.5. The predicted molar refractivity (Wildman–Crippen MR) is 152 cm³/mol. The van der Waals surface area contributed by atoms with Gasteiger partial charge in [0.25, 0.3) is 5.91 Å². The van der Waals surface area contributed by atoms with Gasteiger partial charge in [-0.15, -0.1) is 24.5 Å². The van der Waals surface area contributed by atoms with Gasteiger partial charge in [-0.3, -0.25) is 9.52 Å². The number of halogens is 4. The van der Waals surface area contributed by atoms with Crippen LogP contribution in [0.2, 0.25) is 0 Å². The third-order valence-electron chi connectivity index (χ3n) is 5.85. The Morgan fingerprint density at radius 3 is 2.30 bits per heavy atom. The summed E-state index contributed by atoms with van der Waals surface area (Å²) in [6.07, 6.45) is -2.47. The fourth-order valence-electron chi connectivity index (χ4n) is 3.94. The second-order valence-corrected chi connectivity index (χ2v) is 13.1. The zero-order valence-corrected chi connectivity index (χ0v) is 24.7. The van der Waals surface area contributed by atoms with Crippen molar-refractivity contribution in [1.29, 1.82) is 0 Å². The third-order valence-corrected chi connectivity index (χ3v) is 7.97. The predicted octanol–water partition coefficient (Wildman–Crippen LogP) is 6.92. The first-order valence-electron chi connectivity index (χ1n) is 11.5. The molecular formula is C26H23BrF3N3O5S2. The molecule has 2 heterocycles. The molecular weight excluding hydrogens is 635 g/mol. The highest BCUT2D eigenvalue weighted by molar-refractivity contribution is 9.10. The molecule has 0 bridgehead atoms. The minimum absolute atomic E-state index is 0.196. The number of ether oxygens (including phenoxy) is 2.